The van der Waals surface area contributed by atoms with Crippen LogP contribution in [0.2, 0.25) is 0 Å². The third-order valence-electron chi connectivity index (χ3n) is 8.11. The summed E-state index contributed by atoms with van der Waals surface area (Å²) in [6.45, 7) is 4.96. The van der Waals surface area contributed by atoms with Crippen LogP contribution in [0.3, 0.4) is 0 Å². The van der Waals surface area contributed by atoms with Gasteiger partial charge in [-0.1, -0.05) is 60.7 Å². The molecule has 1 fully saturated rings. The standard InChI is InChI=1S/C32H38N2O4.C4H4O4.H2O/c1-24(35)25-15-16-29(30(23-25)37-2)38-22-10-9-19-34-20-17-28(18-21-34)32(31(33)36,26-11-5-3-6-12-26)27-13-7-4-8-14-27;5-3(6)1-2-4(7)8;/h3-8,11-16,23,28H,9-10,17-22H2,1-2H3,(H2,33,36);1-2H,(H,5,6)(H,7,8);1H2/b;2-1+;. The van der Waals surface area contributed by atoms with Crippen LogP contribution in [-0.2, 0) is 19.8 Å². The first-order chi connectivity index (χ1) is 22.1. The van der Waals surface area contributed by atoms with Gasteiger partial charge in [0.05, 0.1) is 13.7 Å². The fraction of sp³-hybridized carbons (Fsp3) is 0.333. The van der Waals surface area contributed by atoms with E-state index in [0.717, 1.165) is 56.4 Å². The van der Waals surface area contributed by atoms with Gasteiger partial charge in [-0.3, -0.25) is 9.59 Å². The van der Waals surface area contributed by atoms with Crippen molar-refractivity contribution in [3.05, 3.63) is 108 Å². The third kappa shape index (κ3) is 10.5. The summed E-state index contributed by atoms with van der Waals surface area (Å²) in [5.41, 5.74) is 7.94. The quantitative estimate of drug-likeness (QED) is 0.131. The van der Waals surface area contributed by atoms with Crippen LogP contribution in [0.5, 0.6) is 11.5 Å². The first-order valence-corrected chi connectivity index (χ1v) is 15.2. The number of carboxylic acids is 2. The monoisotopic (exact) mass is 648 g/mol. The number of nitrogens with zero attached hydrogens (tertiary/aromatic N) is 1. The van der Waals surface area contributed by atoms with Crippen LogP contribution in [0.1, 0.15) is 54.1 Å². The number of likely N-dealkylation sites (tertiary alicyclic amines) is 1. The van der Waals surface area contributed by atoms with E-state index < -0.39 is 17.4 Å². The zero-order chi connectivity index (χ0) is 33.5. The molecule has 3 aromatic rings. The average Bonchev–Trinajstić information content (AvgIpc) is 3.05. The molecule has 1 saturated heterocycles. The number of rotatable bonds is 14. The number of piperidine rings is 1. The number of benzene rings is 3. The minimum Gasteiger partial charge on any atom is -0.493 e. The molecule has 0 saturated carbocycles. The summed E-state index contributed by atoms with van der Waals surface area (Å²) in [6.07, 6.45) is 4.85. The Hall–Kier alpha value is -5.00. The normalized spacial score (nSPS) is 13.5. The van der Waals surface area contributed by atoms with Crippen LogP contribution in [0.25, 0.3) is 0 Å². The molecule has 1 aliphatic rings. The molecule has 47 heavy (non-hydrogen) atoms. The van der Waals surface area contributed by atoms with Crippen molar-refractivity contribution >= 4 is 23.6 Å². The van der Waals surface area contributed by atoms with Crippen molar-refractivity contribution in [1.29, 1.82) is 0 Å². The number of unbranched alkanes of at least 4 members (excludes halogenated alkanes) is 1. The Morgan fingerprint density at radius 2 is 1.38 bits per heavy atom. The van der Waals surface area contributed by atoms with Gasteiger partial charge in [0.2, 0.25) is 5.91 Å². The summed E-state index contributed by atoms with van der Waals surface area (Å²) in [4.78, 5) is 46.4. The molecule has 0 spiro atoms. The fourth-order valence-corrected chi connectivity index (χ4v) is 5.88. The topological polar surface area (TPSA) is 188 Å². The first kappa shape index (κ1) is 38.2. The van der Waals surface area contributed by atoms with E-state index in [2.05, 4.69) is 4.90 Å². The van der Waals surface area contributed by atoms with Gasteiger partial charge in [-0.2, -0.15) is 0 Å². The largest absolute Gasteiger partial charge is 0.493 e. The molecule has 0 atom stereocenters. The SMILES string of the molecule is COc1cc(C(C)=O)ccc1OCCCCN1CCC(C(C(N)=O)(c2ccccc2)c2ccccc2)CC1.O.O=C(O)/C=C/C(=O)O. The van der Waals surface area contributed by atoms with Crippen LogP contribution >= 0.6 is 0 Å². The van der Waals surface area contributed by atoms with Gasteiger partial charge in [0, 0.05) is 17.7 Å². The zero-order valence-electron chi connectivity index (χ0n) is 26.8. The molecule has 11 nitrogen and oxygen atoms in total. The minimum absolute atomic E-state index is 0. The number of primary amides is 1. The van der Waals surface area contributed by atoms with E-state index in [0.29, 0.717) is 35.8 Å². The predicted molar refractivity (Wildman–Crippen MR) is 178 cm³/mol. The number of hydrogen-bond acceptors (Lipinski definition) is 7. The first-order valence-electron chi connectivity index (χ1n) is 15.2. The van der Waals surface area contributed by atoms with Crippen LogP contribution < -0.4 is 15.2 Å². The molecule has 1 heterocycles. The molecule has 0 aliphatic carbocycles. The van der Waals surface area contributed by atoms with Crippen molar-refractivity contribution in [2.45, 2.75) is 38.0 Å². The summed E-state index contributed by atoms with van der Waals surface area (Å²) in [5, 5.41) is 15.6. The minimum atomic E-state index is -1.26. The molecule has 252 valence electrons. The molecule has 1 aliphatic heterocycles. The lowest BCUT2D eigenvalue weighted by Crippen LogP contribution is -2.51. The van der Waals surface area contributed by atoms with E-state index in [-0.39, 0.29) is 23.1 Å². The second-order valence-electron chi connectivity index (χ2n) is 11.0. The Labute approximate surface area is 274 Å². The Kier molecular flexibility index (Phi) is 15.3. The Balaban J connectivity index is 0.000000758. The molecule has 0 bridgehead atoms. The molecule has 11 heteroatoms. The van der Waals surface area contributed by atoms with Crippen LogP contribution in [-0.4, -0.2) is 77.6 Å². The lowest BCUT2D eigenvalue weighted by Gasteiger charge is -2.43. The molecule has 0 aromatic heterocycles. The maximum Gasteiger partial charge on any atom is 0.328 e. The molecule has 6 N–H and O–H groups in total. The summed E-state index contributed by atoms with van der Waals surface area (Å²) in [7, 11) is 1.58. The van der Waals surface area contributed by atoms with Gasteiger partial charge in [0.15, 0.2) is 17.3 Å². The number of hydrogen-bond donors (Lipinski definition) is 3. The molecule has 0 radical (unpaired) electrons. The zero-order valence-corrected chi connectivity index (χ0v) is 26.8. The fourth-order valence-electron chi connectivity index (χ4n) is 5.88. The molecule has 3 aromatic carbocycles. The van der Waals surface area contributed by atoms with E-state index in [1.165, 1.54) is 6.92 Å². The number of carbonyl (C=O) groups excluding carboxylic acids is 2. The Morgan fingerprint density at radius 3 is 1.83 bits per heavy atom. The number of carbonyl (C=O) groups is 4. The summed E-state index contributed by atoms with van der Waals surface area (Å²) in [6, 6.07) is 25.3. The highest BCUT2D eigenvalue weighted by Gasteiger charge is 2.48. The van der Waals surface area contributed by atoms with Crippen LogP contribution in [0, 0.1) is 5.92 Å². The average molecular weight is 649 g/mol. The van der Waals surface area contributed by atoms with Crippen LogP contribution in [0.15, 0.2) is 91.0 Å². The van der Waals surface area contributed by atoms with Gasteiger partial charge >= 0.3 is 11.9 Å². The summed E-state index contributed by atoms with van der Waals surface area (Å²) < 4.78 is 11.3. The van der Waals surface area contributed by atoms with Crippen molar-refractivity contribution < 1.29 is 44.3 Å². The van der Waals surface area contributed by atoms with E-state index in [1.54, 1.807) is 25.3 Å². The lowest BCUT2D eigenvalue weighted by atomic mass is 9.62. The second-order valence-corrected chi connectivity index (χ2v) is 11.0. The lowest BCUT2D eigenvalue weighted by molar-refractivity contribution is -0.134. The number of methoxy groups -OCH3 is 1. The molecule has 4 rings (SSSR count). The predicted octanol–water partition coefficient (Wildman–Crippen LogP) is 4.13. The van der Waals surface area contributed by atoms with Crippen molar-refractivity contribution in [1.82, 2.24) is 4.90 Å². The number of ether oxygens (including phenoxy) is 2. The van der Waals surface area contributed by atoms with Crippen molar-refractivity contribution in [2.24, 2.45) is 11.7 Å². The van der Waals surface area contributed by atoms with Crippen molar-refractivity contribution in [2.75, 3.05) is 33.4 Å². The Bertz CT molecular complexity index is 1430. The summed E-state index contributed by atoms with van der Waals surface area (Å²) >= 11 is 0. The highest BCUT2D eigenvalue weighted by molar-refractivity contribution is 5.94. The smallest absolute Gasteiger partial charge is 0.328 e. The molecular formula is C36H44N2O9. The van der Waals surface area contributed by atoms with Gasteiger partial charge < -0.3 is 35.8 Å². The van der Waals surface area contributed by atoms with Crippen LogP contribution in [0.4, 0.5) is 0 Å². The number of amides is 1. The van der Waals surface area contributed by atoms with Gasteiger partial charge in [-0.25, -0.2) is 9.59 Å². The molecule has 1 amide bonds. The van der Waals surface area contributed by atoms with E-state index in [1.807, 2.05) is 60.7 Å². The Morgan fingerprint density at radius 1 is 0.851 bits per heavy atom. The van der Waals surface area contributed by atoms with E-state index in [4.69, 9.17) is 25.4 Å². The molecular weight excluding hydrogens is 604 g/mol. The number of carboxylic acid groups (broad SMARTS) is 2. The van der Waals surface area contributed by atoms with Gasteiger partial charge in [0.1, 0.15) is 5.41 Å². The second kappa shape index (κ2) is 18.8. The number of aliphatic carboxylic acids is 2. The number of nitrogens with two attached hydrogens (primary N) is 1. The maximum absolute atomic E-state index is 13.2. The van der Waals surface area contributed by atoms with E-state index in [9.17, 15) is 19.2 Å². The van der Waals surface area contributed by atoms with E-state index >= 15 is 0 Å². The van der Waals surface area contributed by atoms with Gasteiger partial charge in [-0.15, -0.1) is 0 Å². The van der Waals surface area contributed by atoms with Gasteiger partial charge in [-0.05, 0) is 87.5 Å². The molecule has 0 unspecified atom stereocenters. The highest BCUT2D eigenvalue weighted by Crippen LogP contribution is 2.44. The van der Waals surface area contributed by atoms with Crippen molar-refractivity contribution in [3.63, 3.8) is 0 Å². The number of Topliss-reactive ketones (excluding diaryl/α,β-unsaturated/α-hetero) is 1. The highest BCUT2D eigenvalue weighted by atomic mass is 16.5. The summed E-state index contributed by atoms with van der Waals surface area (Å²) in [5.74, 6) is -1.43. The maximum atomic E-state index is 13.2. The van der Waals surface area contributed by atoms with Crippen molar-refractivity contribution in [3.8, 4) is 11.5 Å². The number of ketones is 1. The third-order valence-corrected chi connectivity index (χ3v) is 8.11. The van der Waals surface area contributed by atoms with Gasteiger partial charge in [0.25, 0.3) is 0 Å².